The van der Waals surface area contributed by atoms with Gasteiger partial charge in [-0.1, -0.05) is 60.7 Å². The fourth-order valence-corrected chi connectivity index (χ4v) is 2.35. The van der Waals surface area contributed by atoms with E-state index in [-0.39, 0.29) is 0 Å². The van der Waals surface area contributed by atoms with Gasteiger partial charge >= 0.3 is 0 Å². The molecule has 4 nitrogen and oxygen atoms in total. The highest BCUT2D eigenvalue weighted by atomic mass is 17.2. The van der Waals surface area contributed by atoms with E-state index in [1.807, 2.05) is 88.4 Å². The van der Waals surface area contributed by atoms with E-state index in [2.05, 4.69) is 0 Å². The molecule has 0 aliphatic rings. The molecule has 26 heavy (non-hydrogen) atoms. The number of hydrogen-bond acceptors (Lipinski definition) is 4. The molecule has 2 aromatic carbocycles. The van der Waals surface area contributed by atoms with Gasteiger partial charge in [-0.05, 0) is 51.7 Å². The van der Waals surface area contributed by atoms with E-state index in [1.165, 1.54) is 0 Å². The lowest BCUT2D eigenvalue weighted by Crippen LogP contribution is -2.31. The second kappa shape index (κ2) is 9.83. The van der Waals surface area contributed by atoms with Crippen molar-refractivity contribution in [1.82, 2.24) is 0 Å². The summed E-state index contributed by atoms with van der Waals surface area (Å²) < 4.78 is 0. The zero-order chi connectivity index (χ0) is 18.9. The lowest BCUT2D eigenvalue weighted by molar-refractivity contribution is -0.376. The Hall–Kier alpha value is -1.72. The first-order valence-corrected chi connectivity index (χ1v) is 9.05. The van der Waals surface area contributed by atoms with Crippen molar-refractivity contribution >= 4 is 0 Å². The fourth-order valence-electron chi connectivity index (χ4n) is 2.35. The van der Waals surface area contributed by atoms with Gasteiger partial charge in [-0.25, -0.2) is 19.6 Å². The van der Waals surface area contributed by atoms with Crippen molar-refractivity contribution in [3.05, 3.63) is 71.8 Å². The molecule has 0 aliphatic heterocycles. The van der Waals surface area contributed by atoms with Gasteiger partial charge in [-0.3, -0.25) is 0 Å². The summed E-state index contributed by atoms with van der Waals surface area (Å²) in [5.74, 6) is 0. The first-order valence-electron chi connectivity index (χ1n) is 9.05. The number of rotatable bonds is 11. The Balaban J connectivity index is 1.67. The third-order valence-electron chi connectivity index (χ3n) is 4.03. The number of hydrogen-bond donors (Lipinski definition) is 0. The Bertz CT molecular complexity index is 566. The van der Waals surface area contributed by atoms with Crippen molar-refractivity contribution in [2.75, 3.05) is 0 Å². The third-order valence-corrected chi connectivity index (χ3v) is 4.03. The Morgan fingerprint density at radius 3 is 1.27 bits per heavy atom. The summed E-state index contributed by atoms with van der Waals surface area (Å²) in [5.41, 5.74) is 1.35. The van der Waals surface area contributed by atoms with Gasteiger partial charge in [0.25, 0.3) is 0 Å². The van der Waals surface area contributed by atoms with Crippen LogP contribution in [0.15, 0.2) is 60.7 Å². The monoisotopic (exact) mass is 358 g/mol. The highest BCUT2D eigenvalue weighted by Crippen LogP contribution is 2.25. The molecule has 0 bridgehead atoms. The SMILES string of the molecule is CC(C)(CCC(C)(C)OOCc1ccccc1)OOCc1ccccc1. The van der Waals surface area contributed by atoms with Crippen LogP contribution in [0.25, 0.3) is 0 Å². The first kappa shape index (κ1) is 20.6. The molecule has 2 aromatic rings. The smallest absolute Gasteiger partial charge is 0.107 e. The molecule has 0 aliphatic carbocycles. The predicted octanol–water partition coefficient (Wildman–Crippen LogP) is 5.62. The topological polar surface area (TPSA) is 36.9 Å². The van der Waals surface area contributed by atoms with E-state index in [0.717, 1.165) is 24.0 Å². The summed E-state index contributed by atoms with van der Waals surface area (Å²) in [6.45, 7) is 8.92. The van der Waals surface area contributed by atoms with Crippen LogP contribution in [0.1, 0.15) is 51.7 Å². The molecule has 0 fully saturated rings. The second-order valence-electron chi connectivity index (χ2n) is 7.68. The molecular formula is C22H30O4. The van der Waals surface area contributed by atoms with Crippen LogP contribution in [0.5, 0.6) is 0 Å². The Kier molecular flexibility index (Phi) is 7.79. The van der Waals surface area contributed by atoms with Crippen molar-refractivity contribution in [2.24, 2.45) is 0 Å². The van der Waals surface area contributed by atoms with Crippen molar-refractivity contribution in [2.45, 2.75) is 65.0 Å². The van der Waals surface area contributed by atoms with Crippen LogP contribution in [0, 0.1) is 0 Å². The molecule has 0 heterocycles. The molecule has 0 radical (unpaired) electrons. The largest absolute Gasteiger partial charge is 0.231 e. The second-order valence-corrected chi connectivity index (χ2v) is 7.68. The van der Waals surface area contributed by atoms with Crippen LogP contribution >= 0.6 is 0 Å². The standard InChI is InChI=1S/C22H30O4/c1-21(2,25-23-17-19-11-7-5-8-12-19)15-16-22(3,4)26-24-18-20-13-9-6-10-14-20/h5-14H,15-18H2,1-4H3. The maximum Gasteiger partial charge on any atom is 0.107 e. The van der Waals surface area contributed by atoms with Crippen LogP contribution < -0.4 is 0 Å². The molecule has 4 heteroatoms. The maximum absolute atomic E-state index is 5.61. The summed E-state index contributed by atoms with van der Waals surface area (Å²) in [4.78, 5) is 22.0. The quantitative estimate of drug-likeness (QED) is 0.386. The van der Waals surface area contributed by atoms with Gasteiger partial charge in [0.2, 0.25) is 0 Å². The number of benzene rings is 2. The summed E-state index contributed by atoms with van der Waals surface area (Å²) in [5, 5.41) is 0. The van der Waals surface area contributed by atoms with Crippen molar-refractivity contribution in [3.63, 3.8) is 0 Å². The first-order chi connectivity index (χ1) is 12.4. The van der Waals surface area contributed by atoms with E-state index in [9.17, 15) is 0 Å². The van der Waals surface area contributed by atoms with E-state index >= 15 is 0 Å². The highest BCUT2D eigenvalue weighted by Gasteiger charge is 2.27. The van der Waals surface area contributed by atoms with Crippen LogP contribution in [-0.4, -0.2) is 11.2 Å². The molecule has 0 atom stereocenters. The zero-order valence-electron chi connectivity index (χ0n) is 16.2. The maximum atomic E-state index is 5.61. The van der Waals surface area contributed by atoms with E-state index in [1.54, 1.807) is 0 Å². The zero-order valence-corrected chi connectivity index (χ0v) is 16.2. The summed E-state index contributed by atoms with van der Waals surface area (Å²) in [6, 6.07) is 20.0. The van der Waals surface area contributed by atoms with E-state index in [0.29, 0.717) is 13.2 Å². The summed E-state index contributed by atoms with van der Waals surface area (Å²) in [7, 11) is 0. The predicted molar refractivity (Wildman–Crippen MR) is 102 cm³/mol. The summed E-state index contributed by atoms with van der Waals surface area (Å²) in [6.07, 6.45) is 1.56. The van der Waals surface area contributed by atoms with Gasteiger partial charge in [0.1, 0.15) is 13.2 Å². The van der Waals surface area contributed by atoms with Gasteiger partial charge in [-0.2, -0.15) is 0 Å². The van der Waals surface area contributed by atoms with Crippen molar-refractivity contribution < 1.29 is 19.6 Å². The molecule has 2 rings (SSSR count). The Morgan fingerprint density at radius 2 is 0.923 bits per heavy atom. The summed E-state index contributed by atoms with van der Waals surface area (Å²) >= 11 is 0. The van der Waals surface area contributed by atoms with Crippen LogP contribution in [0.2, 0.25) is 0 Å². The molecule has 0 saturated carbocycles. The van der Waals surface area contributed by atoms with E-state index < -0.39 is 11.2 Å². The minimum absolute atomic E-state index is 0.408. The molecule has 0 amide bonds. The van der Waals surface area contributed by atoms with Gasteiger partial charge in [0, 0.05) is 0 Å². The van der Waals surface area contributed by atoms with Crippen LogP contribution in [-0.2, 0) is 32.8 Å². The van der Waals surface area contributed by atoms with Gasteiger partial charge in [0.05, 0.1) is 11.2 Å². The van der Waals surface area contributed by atoms with Crippen molar-refractivity contribution in [1.29, 1.82) is 0 Å². The van der Waals surface area contributed by atoms with Gasteiger partial charge < -0.3 is 0 Å². The lowest BCUT2D eigenvalue weighted by Gasteiger charge is -2.29. The van der Waals surface area contributed by atoms with Crippen molar-refractivity contribution in [3.8, 4) is 0 Å². The molecule has 0 aromatic heterocycles. The normalized spacial score (nSPS) is 12.3. The average molecular weight is 358 g/mol. The van der Waals surface area contributed by atoms with Gasteiger partial charge in [-0.15, -0.1) is 0 Å². The molecule has 0 unspecified atom stereocenters. The molecule has 0 saturated heterocycles. The lowest BCUT2D eigenvalue weighted by atomic mass is 9.94. The minimum atomic E-state index is -0.408. The molecule has 142 valence electrons. The van der Waals surface area contributed by atoms with Crippen LogP contribution in [0.4, 0.5) is 0 Å². The highest BCUT2D eigenvalue weighted by molar-refractivity contribution is 5.13. The van der Waals surface area contributed by atoms with Crippen LogP contribution in [0.3, 0.4) is 0 Å². The third kappa shape index (κ3) is 8.11. The fraction of sp³-hybridized carbons (Fsp3) is 0.455. The van der Waals surface area contributed by atoms with Gasteiger partial charge in [0.15, 0.2) is 0 Å². The molecule has 0 N–H and O–H groups in total. The van der Waals surface area contributed by atoms with E-state index in [4.69, 9.17) is 19.6 Å². The molecule has 0 spiro atoms. The molecular weight excluding hydrogens is 328 g/mol. The average Bonchev–Trinajstić information content (AvgIpc) is 2.62. The Morgan fingerprint density at radius 1 is 0.577 bits per heavy atom. The Labute approximate surface area is 156 Å². The minimum Gasteiger partial charge on any atom is -0.231 e.